The van der Waals surface area contributed by atoms with Crippen LogP contribution in [-0.2, 0) is 21.8 Å². The molecular weight excluding hydrogens is 326 g/mol. The summed E-state index contributed by atoms with van der Waals surface area (Å²) < 4.78 is 33.7. The second-order valence-corrected chi connectivity index (χ2v) is 7.68. The van der Waals surface area contributed by atoms with E-state index in [1.54, 1.807) is 20.9 Å². The van der Waals surface area contributed by atoms with Gasteiger partial charge in [-0.2, -0.15) is 5.10 Å². The molecule has 0 aliphatic heterocycles. The maximum absolute atomic E-state index is 12.5. The Morgan fingerprint density at radius 1 is 1.36 bits per heavy atom. The molecule has 0 saturated carbocycles. The smallest absolute Gasteiger partial charge is 0.341 e. The molecule has 9 heteroatoms. The lowest BCUT2D eigenvalue weighted by Gasteiger charge is -2.08. The highest BCUT2D eigenvalue weighted by Gasteiger charge is 2.26. The Kier molecular flexibility index (Phi) is 4.30. The number of rotatable bonds is 4. The standard InChI is InChI=1S/C13H17N3O4S2/c1-7-9(3)21-12(11(7)13(17)20-5)15-22(18,19)10-6-14-16(4)8(10)2/h6,15H,1-5H3. The monoisotopic (exact) mass is 343 g/mol. The van der Waals surface area contributed by atoms with E-state index < -0.39 is 16.0 Å². The maximum Gasteiger partial charge on any atom is 0.341 e. The molecule has 0 fully saturated rings. The summed E-state index contributed by atoms with van der Waals surface area (Å²) in [6.07, 6.45) is 1.28. The first-order valence-corrected chi connectivity index (χ1v) is 8.68. The predicted molar refractivity (Wildman–Crippen MR) is 83.9 cm³/mol. The molecule has 0 atom stereocenters. The van der Waals surface area contributed by atoms with E-state index in [0.29, 0.717) is 11.3 Å². The fourth-order valence-electron chi connectivity index (χ4n) is 1.97. The van der Waals surface area contributed by atoms with E-state index in [4.69, 9.17) is 4.74 Å². The zero-order valence-electron chi connectivity index (χ0n) is 12.9. The Bertz CT molecular complexity index is 834. The molecule has 0 spiro atoms. The molecule has 120 valence electrons. The van der Waals surface area contributed by atoms with Crippen LogP contribution in [0.25, 0.3) is 0 Å². The van der Waals surface area contributed by atoms with Crippen molar-refractivity contribution in [1.29, 1.82) is 0 Å². The molecular formula is C13H17N3O4S2. The van der Waals surface area contributed by atoms with Gasteiger partial charge in [0.1, 0.15) is 9.90 Å². The van der Waals surface area contributed by atoms with Gasteiger partial charge in [-0.25, -0.2) is 13.2 Å². The molecule has 2 aromatic heterocycles. The molecule has 1 N–H and O–H groups in total. The van der Waals surface area contributed by atoms with Gasteiger partial charge in [-0.3, -0.25) is 9.40 Å². The van der Waals surface area contributed by atoms with Gasteiger partial charge < -0.3 is 4.74 Å². The van der Waals surface area contributed by atoms with Crippen LogP contribution in [0.2, 0.25) is 0 Å². The molecule has 0 aliphatic carbocycles. The van der Waals surface area contributed by atoms with Crippen molar-refractivity contribution >= 4 is 32.3 Å². The number of carbonyl (C=O) groups excluding carboxylic acids is 1. The van der Waals surface area contributed by atoms with E-state index in [9.17, 15) is 13.2 Å². The van der Waals surface area contributed by atoms with E-state index in [0.717, 1.165) is 4.88 Å². The summed E-state index contributed by atoms with van der Waals surface area (Å²) in [5.41, 5.74) is 1.46. The van der Waals surface area contributed by atoms with Gasteiger partial charge in [0, 0.05) is 11.9 Å². The van der Waals surface area contributed by atoms with Gasteiger partial charge in [-0.1, -0.05) is 0 Å². The first-order chi connectivity index (χ1) is 10.2. The van der Waals surface area contributed by atoms with Crippen molar-refractivity contribution < 1.29 is 17.9 Å². The normalized spacial score (nSPS) is 11.5. The molecule has 2 rings (SSSR count). The number of sulfonamides is 1. The number of thiophene rings is 1. The average Bonchev–Trinajstić information content (AvgIpc) is 2.91. The molecule has 2 heterocycles. The second kappa shape index (κ2) is 5.73. The lowest BCUT2D eigenvalue weighted by molar-refractivity contribution is 0.0601. The van der Waals surface area contributed by atoms with Crippen LogP contribution in [0.15, 0.2) is 11.1 Å². The van der Waals surface area contributed by atoms with Crippen LogP contribution in [-0.4, -0.2) is 31.3 Å². The zero-order chi connectivity index (χ0) is 16.7. The van der Waals surface area contributed by atoms with Crippen LogP contribution >= 0.6 is 11.3 Å². The quantitative estimate of drug-likeness (QED) is 0.858. The molecule has 2 aromatic rings. The van der Waals surface area contributed by atoms with E-state index in [2.05, 4.69) is 9.82 Å². The largest absolute Gasteiger partial charge is 0.465 e. The number of carbonyl (C=O) groups is 1. The van der Waals surface area contributed by atoms with Crippen molar-refractivity contribution in [2.75, 3.05) is 11.8 Å². The Morgan fingerprint density at radius 3 is 2.50 bits per heavy atom. The van der Waals surface area contributed by atoms with E-state index in [1.807, 2.05) is 6.92 Å². The Labute approximate surface area is 133 Å². The Morgan fingerprint density at radius 2 is 2.00 bits per heavy atom. The topological polar surface area (TPSA) is 90.3 Å². The third-order valence-corrected chi connectivity index (χ3v) is 6.19. The van der Waals surface area contributed by atoms with Crippen molar-refractivity contribution in [2.45, 2.75) is 25.7 Å². The van der Waals surface area contributed by atoms with Crippen LogP contribution in [0.5, 0.6) is 0 Å². The number of nitrogens with one attached hydrogen (secondary N) is 1. The van der Waals surface area contributed by atoms with Crippen molar-refractivity contribution in [3.8, 4) is 0 Å². The summed E-state index contributed by atoms with van der Waals surface area (Å²) in [6.45, 7) is 5.23. The van der Waals surface area contributed by atoms with Crippen LogP contribution in [0, 0.1) is 20.8 Å². The highest BCUT2D eigenvalue weighted by molar-refractivity contribution is 7.93. The van der Waals surface area contributed by atoms with Crippen molar-refractivity contribution in [2.24, 2.45) is 7.05 Å². The van der Waals surface area contributed by atoms with Gasteiger partial charge in [0.25, 0.3) is 10.0 Å². The number of aryl methyl sites for hydroxylation is 2. The fourth-order valence-corrected chi connectivity index (χ4v) is 4.52. The van der Waals surface area contributed by atoms with Crippen LogP contribution in [0.1, 0.15) is 26.5 Å². The maximum atomic E-state index is 12.5. The highest BCUT2D eigenvalue weighted by Crippen LogP contribution is 2.34. The SMILES string of the molecule is COC(=O)c1c(NS(=O)(=O)c2cnn(C)c2C)sc(C)c1C. The van der Waals surface area contributed by atoms with Crippen LogP contribution in [0.4, 0.5) is 5.00 Å². The van der Waals surface area contributed by atoms with Crippen molar-refractivity contribution in [3.63, 3.8) is 0 Å². The number of hydrogen-bond acceptors (Lipinski definition) is 6. The third-order valence-electron chi connectivity index (χ3n) is 3.48. The van der Waals surface area contributed by atoms with Gasteiger partial charge in [0.05, 0.1) is 24.6 Å². The first-order valence-electron chi connectivity index (χ1n) is 6.38. The lowest BCUT2D eigenvalue weighted by Crippen LogP contribution is -2.15. The second-order valence-electron chi connectivity index (χ2n) is 4.80. The van der Waals surface area contributed by atoms with Crippen molar-refractivity contribution in [3.05, 3.63) is 27.9 Å². The Balaban J connectivity index is 2.49. The number of ether oxygens (including phenoxy) is 1. The summed E-state index contributed by atoms with van der Waals surface area (Å²) in [5.74, 6) is -0.567. The molecule has 0 aliphatic rings. The number of anilines is 1. The average molecular weight is 343 g/mol. The number of nitrogens with zero attached hydrogens (tertiary/aromatic N) is 2. The fraction of sp³-hybridized carbons (Fsp3) is 0.385. The minimum absolute atomic E-state index is 0.0783. The predicted octanol–water partition coefficient (Wildman–Crippen LogP) is 1.99. The third kappa shape index (κ3) is 2.73. The summed E-state index contributed by atoms with van der Waals surface area (Å²) in [7, 11) is -0.899. The molecule has 0 unspecified atom stereocenters. The van der Waals surface area contributed by atoms with E-state index in [1.165, 1.54) is 29.3 Å². The molecule has 0 saturated heterocycles. The molecule has 7 nitrogen and oxygen atoms in total. The molecule has 0 bridgehead atoms. The zero-order valence-corrected chi connectivity index (χ0v) is 14.6. The number of aromatic nitrogens is 2. The van der Waals surface area contributed by atoms with Crippen molar-refractivity contribution in [1.82, 2.24) is 9.78 Å². The van der Waals surface area contributed by atoms with Gasteiger partial charge in [0.2, 0.25) is 0 Å². The summed E-state index contributed by atoms with van der Waals surface area (Å²) >= 11 is 1.20. The van der Waals surface area contributed by atoms with Gasteiger partial charge in [0.15, 0.2) is 0 Å². The first kappa shape index (κ1) is 16.5. The number of hydrogen-bond donors (Lipinski definition) is 1. The number of methoxy groups -OCH3 is 1. The van der Waals surface area contributed by atoms with E-state index >= 15 is 0 Å². The highest BCUT2D eigenvalue weighted by atomic mass is 32.2. The summed E-state index contributed by atoms with van der Waals surface area (Å²) in [5, 5.41) is 4.18. The minimum atomic E-state index is -3.82. The van der Waals surface area contributed by atoms with Crippen LogP contribution < -0.4 is 4.72 Å². The Hall–Kier alpha value is -1.87. The van der Waals surface area contributed by atoms with Gasteiger partial charge in [-0.15, -0.1) is 11.3 Å². The lowest BCUT2D eigenvalue weighted by atomic mass is 10.2. The van der Waals surface area contributed by atoms with Gasteiger partial charge in [-0.05, 0) is 26.3 Å². The summed E-state index contributed by atoms with van der Waals surface area (Å²) in [6, 6.07) is 0. The molecule has 22 heavy (non-hydrogen) atoms. The molecule has 0 aromatic carbocycles. The number of esters is 1. The minimum Gasteiger partial charge on any atom is -0.465 e. The summed E-state index contributed by atoms with van der Waals surface area (Å²) in [4.78, 5) is 12.8. The van der Waals surface area contributed by atoms with Gasteiger partial charge >= 0.3 is 5.97 Å². The molecule has 0 radical (unpaired) electrons. The van der Waals surface area contributed by atoms with Crippen LogP contribution in [0.3, 0.4) is 0 Å². The molecule has 0 amide bonds. The van der Waals surface area contributed by atoms with E-state index in [-0.39, 0.29) is 15.5 Å².